The van der Waals surface area contributed by atoms with Crippen molar-refractivity contribution in [2.75, 3.05) is 13.7 Å². The molecule has 0 saturated carbocycles. The Morgan fingerprint density at radius 3 is 2.94 bits per heavy atom. The van der Waals surface area contributed by atoms with Crippen LogP contribution in [0.25, 0.3) is 0 Å². The molecule has 0 aliphatic carbocycles. The van der Waals surface area contributed by atoms with E-state index in [0.717, 1.165) is 31.2 Å². The van der Waals surface area contributed by atoms with Crippen molar-refractivity contribution in [3.05, 3.63) is 11.6 Å². The molecule has 0 amide bonds. The van der Waals surface area contributed by atoms with Crippen LogP contribution in [-0.2, 0) is 24.2 Å². The van der Waals surface area contributed by atoms with E-state index in [1.165, 1.54) is 12.8 Å². The van der Waals surface area contributed by atoms with Crippen molar-refractivity contribution in [1.82, 2.24) is 20.1 Å². The summed E-state index contributed by atoms with van der Waals surface area (Å²) in [4.78, 5) is 0. The second kappa shape index (κ2) is 5.14. The van der Waals surface area contributed by atoms with Gasteiger partial charge in [0.05, 0.1) is 13.2 Å². The van der Waals surface area contributed by atoms with Gasteiger partial charge in [0, 0.05) is 25.6 Å². The summed E-state index contributed by atoms with van der Waals surface area (Å²) in [6.07, 6.45) is 3.54. The number of methoxy groups -OCH3 is 1. The Kier molecular flexibility index (Phi) is 3.79. The van der Waals surface area contributed by atoms with Gasteiger partial charge in [-0.1, -0.05) is 0 Å². The third kappa shape index (κ3) is 3.04. The summed E-state index contributed by atoms with van der Waals surface area (Å²) in [5.41, 5.74) is -0.0319. The topological polar surface area (TPSA) is 52.0 Å². The Morgan fingerprint density at radius 1 is 1.35 bits per heavy atom. The maximum Gasteiger partial charge on any atom is 0.147 e. The molecule has 96 valence electrons. The number of rotatable bonds is 5. The van der Waals surface area contributed by atoms with Gasteiger partial charge in [0.1, 0.15) is 11.6 Å². The summed E-state index contributed by atoms with van der Waals surface area (Å²) >= 11 is 0. The van der Waals surface area contributed by atoms with Gasteiger partial charge in [-0.3, -0.25) is 0 Å². The largest absolute Gasteiger partial charge is 0.383 e. The molecule has 0 aromatic carbocycles. The summed E-state index contributed by atoms with van der Waals surface area (Å²) in [6.45, 7) is 6.76. The number of nitrogens with zero attached hydrogens (tertiary/aromatic N) is 3. The van der Waals surface area contributed by atoms with E-state index in [1.807, 2.05) is 0 Å². The van der Waals surface area contributed by atoms with Crippen LogP contribution in [0.3, 0.4) is 0 Å². The Balaban J connectivity index is 1.97. The van der Waals surface area contributed by atoms with Crippen molar-refractivity contribution in [3.8, 4) is 0 Å². The molecule has 0 unspecified atom stereocenters. The van der Waals surface area contributed by atoms with E-state index in [0.29, 0.717) is 6.61 Å². The molecular formula is C12H22N4O. The van der Waals surface area contributed by atoms with Gasteiger partial charge in [-0.2, -0.15) is 0 Å². The molecule has 5 heteroatoms. The zero-order chi connectivity index (χ0) is 12.3. The Morgan fingerprint density at radius 2 is 2.18 bits per heavy atom. The molecule has 1 aliphatic heterocycles. The SMILES string of the molecule is COCC(C)(C)NCc1nnc2n1CCCC2. The highest BCUT2D eigenvalue weighted by atomic mass is 16.5. The summed E-state index contributed by atoms with van der Waals surface area (Å²) in [5, 5.41) is 12.0. The number of aromatic nitrogens is 3. The highest BCUT2D eigenvalue weighted by Crippen LogP contribution is 2.14. The average Bonchev–Trinajstić information content (AvgIpc) is 2.70. The zero-order valence-electron chi connectivity index (χ0n) is 11.0. The van der Waals surface area contributed by atoms with E-state index < -0.39 is 0 Å². The second-order valence-corrected chi connectivity index (χ2v) is 5.31. The van der Waals surface area contributed by atoms with Gasteiger partial charge in [0.2, 0.25) is 0 Å². The number of fused-ring (bicyclic) bond motifs is 1. The molecule has 0 spiro atoms. The van der Waals surface area contributed by atoms with Crippen LogP contribution in [0.4, 0.5) is 0 Å². The van der Waals surface area contributed by atoms with Gasteiger partial charge in [0.15, 0.2) is 0 Å². The maximum atomic E-state index is 5.18. The molecule has 0 bridgehead atoms. The third-order valence-electron chi connectivity index (χ3n) is 3.17. The highest BCUT2D eigenvalue weighted by Gasteiger charge is 2.20. The van der Waals surface area contributed by atoms with Gasteiger partial charge in [-0.05, 0) is 26.7 Å². The predicted molar refractivity (Wildman–Crippen MR) is 65.8 cm³/mol. The quantitative estimate of drug-likeness (QED) is 0.835. The normalized spacial score (nSPS) is 15.9. The predicted octanol–water partition coefficient (Wildman–Crippen LogP) is 1.13. The molecule has 0 radical (unpaired) electrons. The summed E-state index contributed by atoms with van der Waals surface area (Å²) in [7, 11) is 1.72. The van der Waals surface area contributed by atoms with E-state index in [2.05, 4.69) is 33.9 Å². The number of nitrogens with one attached hydrogen (secondary N) is 1. The van der Waals surface area contributed by atoms with Crippen molar-refractivity contribution in [2.45, 2.75) is 51.7 Å². The first-order chi connectivity index (χ1) is 8.12. The molecule has 1 N–H and O–H groups in total. The van der Waals surface area contributed by atoms with Crippen molar-refractivity contribution >= 4 is 0 Å². The molecule has 1 aliphatic rings. The summed E-state index contributed by atoms with van der Waals surface area (Å²) < 4.78 is 7.43. The van der Waals surface area contributed by atoms with E-state index in [4.69, 9.17) is 4.74 Å². The summed E-state index contributed by atoms with van der Waals surface area (Å²) in [6, 6.07) is 0. The van der Waals surface area contributed by atoms with Crippen LogP contribution in [0.5, 0.6) is 0 Å². The van der Waals surface area contributed by atoms with E-state index in [-0.39, 0.29) is 5.54 Å². The lowest BCUT2D eigenvalue weighted by Gasteiger charge is -2.25. The first-order valence-electron chi connectivity index (χ1n) is 6.27. The van der Waals surface area contributed by atoms with E-state index in [9.17, 15) is 0 Å². The molecule has 0 saturated heterocycles. The molecule has 17 heavy (non-hydrogen) atoms. The van der Waals surface area contributed by atoms with E-state index >= 15 is 0 Å². The average molecular weight is 238 g/mol. The molecule has 2 rings (SSSR count). The van der Waals surface area contributed by atoms with Crippen LogP contribution < -0.4 is 5.32 Å². The molecule has 0 fully saturated rings. The minimum Gasteiger partial charge on any atom is -0.383 e. The fourth-order valence-corrected chi connectivity index (χ4v) is 2.23. The van der Waals surface area contributed by atoms with Crippen molar-refractivity contribution in [3.63, 3.8) is 0 Å². The van der Waals surface area contributed by atoms with Gasteiger partial charge in [0.25, 0.3) is 0 Å². The van der Waals surface area contributed by atoms with Gasteiger partial charge < -0.3 is 14.6 Å². The monoisotopic (exact) mass is 238 g/mol. The Hall–Kier alpha value is -0.940. The van der Waals surface area contributed by atoms with Crippen molar-refractivity contribution in [1.29, 1.82) is 0 Å². The molecule has 1 aromatic rings. The van der Waals surface area contributed by atoms with Crippen LogP contribution in [0, 0.1) is 0 Å². The lowest BCUT2D eigenvalue weighted by atomic mass is 10.1. The Bertz CT molecular complexity index is 373. The zero-order valence-corrected chi connectivity index (χ0v) is 11.0. The van der Waals surface area contributed by atoms with Crippen LogP contribution in [0.15, 0.2) is 0 Å². The lowest BCUT2D eigenvalue weighted by Crippen LogP contribution is -2.43. The van der Waals surface area contributed by atoms with Crippen LogP contribution in [-0.4, -0.2) is 34.0 Å². The van der Waals surface area contributed by atoms with Crippen LogP contribution in [0.1, 0.15) is 38.3 Å². The van der Waals surface area contributed by atoms with E-state index in [1.54, 1.807) is 7.11 Å². The third-order valence-corrected chi connectivity index (χ3v) is 3.17. The fraction of sp³-hybridized carbons (Fsp3) is 0.833. The maximum absolute atomic E-state index is 5.18. The smallest absolute Gasteiger partial charge is 0.147 e. The minimum absolute atomic E-state index is 0.0319. The standard InChI is InChI=1S/C12H22N4O/c1-12(2,9-17-3)13-8-11-15-14-10-6-4-5-7-16(10)11/h13H,4-9H2,1-3H3. The molecular weight excluding hydrogens is 216 g/mol. The molecule has 5 nitrogen and oxygen atoms in total. The van der Waals surface area contributed by atoms with Gasteiger partial charge >= 0.3 is 0 Å². The van der Waals surface area contributed by atoms with Crippen molar-refractivity contribution < 1.29 is 4.74 Å². The van der Waals surface area contributed by atoms with Crippen LogP contribution >= 0.6 is 0 Å². The number of hydrogen-bond donors (Lipinski definition) is 1. The number of hydrogen-bond acceptors (Lipinski definition) is 4. The molecule has 0 atom stereocenters. The number of aryl methyl sites for hydroxylation is 1. The molecule has 1 aromatic heterocycles. The fourth-order valence-electron chi connectivity index (χ4n) is 2.23. The second-order valence-electron chi connectivity index (χ2n) is 5.31. The summed E-state index contributed by atoms with van der Waals surface area (Å²) in [5.74, 6) is 2.18. The van der Waals surface area contributed by atoms with Gasteiger partial charge in [-0.15, -0.1) is 10.2 Å². The van der Waals surface area contributed by atoms with Crippen LogP contribution in [0.2, 0.25) is 0 Å². The first-order valence-corrected chi connectivity index (χ1v) is 6.27. The lowest BCUT2D eigenvalue weighted by molar-refractivity contribution is 0.127. The van der Waals surface area contributed by atoms with Gasteiger partial charge in [-0.25, -0.2) is 0 Å². The number of ether oxygens (including phenoxy) is 1. The first kappa shape index (κ1) is 12.5. The highest BCUT2D eigenvalue weighted by molar-refractivity contribution is 4.99. The molecule has 2 heterocycles. The minimum atomic E-state index is -0.0319. The van der Waals surface area contributed by atoms with Crippen molar-refractivity contribution in [2.24, 2.45) is 0 Å². The Labute approximate surface area is 103 Å².